The lowest BCUT2D eigenvalue weighted by atomic mass is 10.0. The van der Waals surface area contributed by atoms with Gasteiger partial charge >= 0.3 is 0 Å². The molecule has 0 spiro atoms. The molecule has 0 radical (unpaired) electrons. The first-order valence-corrected chi connectivity index (χ1v) is 12.7. The van der Waals surface area contributed by atoms with Crippen LogP contribution in [0.3, 0.4) is 0 Å². The largest absolute Gasteiger partial charge is 0.494 e. The Morgan fingerprint density at radius 2 is 1.28 bits per heavy atom. The van der Waals surface area contributed by atoms with E-state index < -0.39 is 0 Å². The number of ketones is 1. The van der Waals surface area contributed by atoms with Gasteiger partial charge in [-0.1, -0.05) is 115 Å². The van der Waals surface area contributed by atoms with Gasteiger partial charge in [-0.05, 0) is 19.8 Å². The maximum absolute atomic E-state index is 11.5. The second kappa shape index (κ2) is 18.9. The van der Waals surface area contributed by atoms with Crippen molar-refractivity contribution in [3.63, 3.8) is 0 Å². The minimum Gasteiger partial charge on any atom is -0.494 e. The fourth-order valence-corrected chi connectivity index (χ4v) is 4.16. The minimum absolute atomic E-state index is 0.0505. The molecule has 0 N–H and O–H groups in total. The van der Waals surface area contributed by atoms with Gasteiger partial charge in [0.05, 0.1) is 5.76 Å². The maximum Gasteiger partial charge on any atom is 0.162 e. The van der Waals surface area contributed by atoms with Gasteiger partial charge in [0.2, 0.25) is 0 Å². The zero-order valence-corrected chi connectivity index (χ0v) is 19.6. The van der Waals surface area contributed by atoms with Gasteiger partial charge in [-0.15, -0.1) is 0 Å². The number of carbonyl (C=O) groups is 1. The molecule has 0 fully saturated rings. The van der Waals surface area contributed by atoms with E-state index in [1.165, 1.54) is 103 Å². The van der Waals surface area contributed by atoms with Crippen molar-refractivity contribution in [2.24, 2.45) is 0 Å². The maximum atomic E-state index is 11.5. The molecule has 168 valence electrons. The summed E-state index contributed by atoms with van der Waals surface area (Å²) in [5, 5.41) is 0. The van der Waals surface area contributed by atoms with Gasteiger partial charge in [-0.3, -0.25) is 4.79 Å². The average Bonchev–Trinajstić information content (AvgIpc) is 2.69. The van der Waals surface area contributed by atoms with Gasteiger partial charge in [0.1, 0.15) is 6.10 Å². The summed E-state index contributed by atoms with van der Waals surface area (Å²) in [6, 6.07) is 0. The summed E-state index contributed by atoms with van der Waals surface area (Å²) in [7, 11) is 0. The first-order chi connectivity index (χ1) is 14.2. The van der Waals surface area contributed by atoms with E-state index in [0.717, 1.165) is 18.6 Å². The molecule has 29 heavy (non-hydrogen) atoms. The molecule has 2 nitrogen and oxygen atoms in total. The second-order valence-electron chi connectivity index (χ2n) is 8.96. The van der Waals surface area contributed by atoms with Gasteiger partial charge in [-0.2, -0.15) is 0 Å². The van der Waals surface area contributed by atoms with Crippen molar-refractivity contribution in [1.29, 1.82) is 0 Å². The van der Waals surface area contributed by atoms with E-state index in [0.29, 0.717) is 6.42 Å². The Labute approximate surface area is 181 Å². The number of ether oxygens (including phenoxy) is 1. The fraction of sp³-hybridized carbons (Fsp3) is 0.815. The number of unbranched alkanes of at least 4 members (excludes halogenated alkanes) is 16. The van der Waals surface area contributed by atoms with Gasteiger partial charge in [0, 0.05) is 18.9 Å². The molecule has 1 aliphatic rings. The van der Waals surface area contributed by atoms with Gasteiger partial charge in [-0.25, -0.2) is 0 Å². The molecule has 1 unspecified atom stereocenters. The summed E-state index contributed by atoms with van der Waals surface area (Å²) in [5.41, 5.74) is 0. The summed E-state index contributed by atoms with van der Waals surface area (Å²) < 4.78 is 5.68. The molecule has 0 aromatic rings. The first-order valence-electron chi connectivity index (χ1n) is 12.7. The number of hydrogen-bond donors (Lipinski definition) is 0. The molecular weight excluding hydrogens is 356 g/mol. The monoisotopic (exact) mass is 404 g/mol. The highest BCUT2D eigenvalue weighted by atomic mass is 16.5. The Morgan fingerprint density at radius 1 is 0.793 bits per heavy atom. The van der Waals surface area contributed by atoms with Crippen molar-refractivity contribution < 1.29 is 9.53 Å². The van der Waals surface area contributed by atoms with Crippen LogP contribution in [0.4, 0.5) is 0 Å². The van der Waals surface area contributed by atoms with E-state index in [1.54, 1.807) is 6.08 Å². The molecule has 0 aliphatic carbocycles. The normalized spacial score (nSPS) is 17.0. The highest BCUT2D eigenvalue weighted by Crippen LogP contribution is 2.17. The summed E-state index contributed by atoms with van der Waals surface area (Å²) in [6.45, 7) is 4.15. The van der Waals surface area contributed by atoms with Crippen molar-refractivity contribution in [1.82, 2.24) is 0 Å². The standard InChI is InChI=1S/C27H48O2/c1-3-4-5-6-7-8-9-10-11-12-13-14-15-16-17-18-19-20-21-22-27-24-26(28)23-25(2)29-27/h20-21,23,27H,3-19,22,24H2,1-2H3/b21-20+. The molecular formula is C27H48O2. The summed E-state index contributed by atoms with van der Waals surface area (Å²) in [4.78, 5) is 11.5. The molecule has 0 aromatic carbocycles. The Hall–Kier alpha value is -1.05. The SMILES string of the molecule is CCCCCCCCCCCCCCCCCC/C=C/CC1CC(=O)C=C(C)O1. The Bertz CT molecular complexity index is 449. The smallest absolute Gasteiger partial charge is 0.162 e. The van der Waals surface area contributed by atoms with E-state index in [2.05, 4.69) is 19.1 Å². The van der Waals surface area contributed by atoms with Crippen LogP contribution in [-0.4, -0.2) is 11.9 Å². The molecule has 0 saturated carbocycles. The van der Waals surface area contributed by atoms with Crippen LogP contribution in [0, 0.1) is 0 Å². The molecule has 0 saturated heterocycles. The molecule has 1 aliphatic heterocycles. The number of rotatable bonds is 19. The summed E-state index contributed by atoms with van der Waals surface area (Å²) in [5.74, 6) is 0.961. The molecule has 2 heteroatoms. The predicted octanol–water partition coefficient (Wildman–Crippen LogP) is 8.85. The van der Waals surface area contributed by atoms with Gasteiger partial charge in [0.15, 0.2) is 5.78 Å². The lowest BCUT2D eigenvalue weighted by molar-refractivity contribution is -0.118. The van der Waals surface area contributed by atoms with Gasteiger partial charge in [0.25, 0.3) is 0 Å². The van der Waals surface area contributed by atoms with Crippen LogP contribution in [0.2, 0.25) is 0 Å². The molecule has 0 amide bonds. The number of allylic oxidation sites excluding steroid dienone is 3. The Balaban J connectivity index is 1.76. The third-order valence-corrected chi connectivity index (χ3v) is 5.94. The first kappa shape index (κ1) is 26.0. The van der Waals surface area contributed by atoms with Crippen molar-refractivity contribution in [3.8, 4) is 0 Å². The molecule has 1 heterocycles. The van der Waals surface area contributed by atoms with Gasteiger partial charge < -0.3 is 4.74 Å². The third-order valence-electron chi connectivity index (χ3n) is 5.94. The minimum atomic E-state index is 0.0505. The molecule has 0 aromatic heterocycles. The zero-order valence-electron chi connectivity index (χ0n) is 19.6. The summed E-state index contributed by atoms with van der Waals surface area (Å²) in [6.07, 6.45) is 31.4. The van der Waals surface area contributed by atoms with Crippen LogP contribution in [0.5, 0.6) is 0 Å². The van der Waals surface area contributed by atoms with Crippen LogP contribution >= 0.6 is 0 Å². The molecule has 1 rings (SSSR count). The fourth-order valence-electron chi connectivity index (χ4n) is 4.16. The van der Waals surface area contributed by atoms with E-state index in [9.17, 15) is 4.79 Å². The van der Waals surface area contributed by atoms with Crippen LogP contribution in [-0.2, 0) is 9.53 Å². The van der Waals surface area contributed by atoms with E-state index in [-0.39, 0.29) is 11.9 Å². The quantitative estimate of drug-likeness (QED) is 0.159. The average molecular weight is 405 g/mol. The van der Waals surface area contributed by atoms with Crippen molar-refractivity contribution in [2.75, 3.05) is 0 Å². The van der Waals surface area contributed by atoms with Crippen LogP contribution in [0.25, 0.3) is 0 Å². The van der Waals surface area contributed by atoms with Crippen molar-refractivity contribution in [2.45, 2.75) is 142 Å². The van der Waals surface area contributed by atoms with E-state index in [4.69, 9.17) is 4.74 Å². The van der Waals surface area contributed by atoms with E-state index >= 15 is 0 Å². The van der Waals surface area contributed by atoms with Crippen molar-refractivity contribution in [3.05, 3.63) is 24.0 Å². The number of carbonyl (C=O) groups excluding carboxylic acids is 1. The lowest BCUT2D eigenvalue weighted by Crippen LogP contribution is -2.20. The topological polar surface area (TPSA) is 26.3 Å². The Morgan fingerprint density at radius 3 is 1.76 bits per heavy atom. The third kappa shape index (κ3) is 16.4. The zero-order chi connectivity index (χ0) is 21.0. The lowest BCUT2D eigenvalue weighted by Gasteiger charge is -2.20. The highest BCUT2D eigenvalue weighted by molar-refractivity contribution is 5.91. The second-order valence-corrected chi connectivity index (χ2v) is 8.96. The van der Waals surface area contributed by atoms with Crippen LogP contribution < -0.4 is 0 Å². The summed E-state index contributed by atoms with van der Waals surface area (Å²) >= 11 is 0. The highest BCUT2D eigenvalue weighted by Gasteiger charge is 2.18. The molecule has 0 bridgehead atoms. The number of hydrogen-bond acceptors (Lipinski definition) is 2. The van der Waals surface area contributed by atoms with E-state index in [1.807, 2.05) is 6.92 Å². The Kier molecular flexibility index (Phi) is 17.0. The predicted molar refractivity (Wildman–Crippen MR) is 126 cm³/mol. The van der Waals surface area contributed by atoms with Crippen molar-refractivity contribution >= 4 is 5.78 Å². The molecule has 1 atom stereocenters. The van der Waals surface area contributed by atoms with Crippen LogP contribution in [0.15, 0.2) is 24.0 Å². The van der Waals surface area contributed by atoms with Crippen LogP contribution in [0.1, 0.15) is 136 Å².